The van der Waals surface area contributed by atoms with Gasteiger partial charge in [-0.1, -0.05) is 30.3 Å². The van der Waals surface area contributed by atoms with E-state index in [0.717, 1.165) is 44.5 Å². The zero-order valence-electron chi connectivity index (χ0n) is 15.9. The lowest BCUT2D eigenvalue weighted by Gasteiger charge is -2.39. The molecule has 0 saturated carbocycles. The van der Waals surface area contributed by atoms with Gasteiger partial charge in [0.2, 0.25) is 5.91 Å². The lowest BCUT2D eigenvalue weighted by molar-refractivity contribution is -0.139. The van der Waals surface area contributed by atoms with Gasteiger partial charge in [-0.3, -0.25) is 14.7 Å². The first kappa shape index (κ1) is 18.1. The zero-order valence-corrected chi connectivity index (χ0v) is 15.9. The van der Waals surface area contributed by atoms with Crippen molar-refractivity contribution in [3.8, 4) is 0 Å². The van der Waals surface area contributed by atoms with E-state index in [1.165, 1.54) is 11.1 Å². The Hall–Kier alpha value is -2.24. The third kappa shape index (κ3) is 4.20. The number of hydrogen-bond acceptors (Lipinski definition) is 4. The van der Waals surface area contributed by atoms with E-state index in [9.17, 15) is 4.79 Å². The number of carbonyl (C=O) groups excluding carboxylic acids is 1. The summed E-state index contributed by atoms with van der Waals surface area (Å²) >= 11 is 0. The number of piperidine rings is 1. The van der Waals surface area contributed by atoms with Crippen molar-refractivity contribution in [2.45, 2.75) is 44.6 Å². The number of ether oxygens (including phenoxy) is 1. The maximum absolute atomic E-state index is 13.1. The summed E-state index contributed by atoms with van der Waals surface area (Å²) in [6.45, 7) is 3.00. The van der Waals surface area contributed by atoms with Crippen molar-refractivity contribution in [2.75, 3.05) is 20.1 Å². The minimum Gasteiger partial charge on any atom is -0.373 e. The predicted octanol–water partition coefficient (Wildman–Crippen LogP) is 2.65. The number of nitrogens with zero attached hydrogens (tertiary/aromatic N) is 3. The molecule has 0 aliphatic carbocycles. The zero-order chi connectivity index (χ0) is 18.6. The number of hydrogen-bond donors (Lipinski definition) is 0. The molecule has 0 spiro atoms. The van der Waals surface area contributed by atoms with Crippen molar-refractivity contribution >= 4 is 5.91 Å². The fourth-order valence-electron chi connectivity index (χ4n) is 4.08. The fourth-order valence-corrected chi connectivity index (χ4v) is 4.08. The second-order valence-electron chi connectivity index (χ2n) is 7.60. The summed E-state index contributed by atoms with van der Waals surface area (Å²) in [5.41, 5.74) is 3.74. The summed E-state index contributed by atoms with van der Waals surface area (Å²) in [4.78, 5) is 21.4. The number of aromatic nitrogens is 1. The number of benzene rings is 1. The lowest BCUT2D eigenvalue weighted by atomic mass is 9.93. The largest absolute Gasteiger partial charge is 0.373 e. The average Bonchev–Trinajstić information content (AvgIpc) is 2.72. The second kappa shape index (κ2) is 8.19. The first-order chi connectivity index (χ1) is 13.2. The molecule has 2 aliphatic rings. The maximum atomic E-state index is 13.1. The second-order valence-corrected chi connectivity index (χ2v) is 7.60. The molecule has 2 aromatic rings. The Morgan fingerprint density at radius 1 is 1.15 bits per heavy atom. The van der Waals surface area contributed by atoms with Gasteiger partial charge >= 0.3 is 0 Å². The van der Waals surface area contributed by atoms with Gasteiger partial charge in [0.1, 0.15) is 0 Å². The smallest absolute Gasteiger partial charge is 0.240 e. The van der Waals surface area contributed by atoms with Crippen LogP contribution in [0.3, 0.4) is 0 Å². The number of pyridine rings is 1. The molecule has 1 fully saturated rings. The van der Waals surface area contributed by atoms with Crippen LogP contribution in [0.15, 0.2) is 48.8 Å². The molecule has 0 bridgehead atoms. The van der Waals surface area contributed by atoms with E-state index in [2.05, 4.69) is 41.2 Å². The molecule has 2 aliphatic heterocycles. The molecule has 5 nitrogen and oxygen atoms in total. The van der Waals surface area contributed by atoms with Crippen LogP contribution in [0.5, 0.6) is 0 Å². The van der Waals surface area contributed by atoms with E-state index >= 15 is 0 Å². The highest BCUT2D eigenvalue weighted by Crippen LogP contribution is 2.24. The van der Waals surface area contributed by atoms with Crippen molar-refractivity contribution in [3.63, 3.8) is 0 Å². The quantitative estimate of drug-likeness (QED) is 0.836. The number of carbonyl (C=O) groups is 1. The van der Waals surface area contributed by atoms with Crippen LogP contribution in [0.4, 0.5) is 0 Å². The van der Waals surface area contributed by atoms with Gasteiger partial charge in [-0.15, -0.1) is 0 Å². The van der Waals surface area contributed by atoms with Crippen molar-refractivity contribution < 1.29 is 9.53 Å². The molecule has 1 saturated heterocycles. The Morgan fingerprint density at radius 2 is 1.93 bits per heavy atom. The van der Waals surface area contributed by atoms with Crippen molar-refractivity contribution in [3.05, 3.63) is 65.5 Å². The van der Waals surface area contributed by atoms with E-state index in [1.54, 1.807) is 6.20 Å². The third-order valence-electron chi connectivity index (χ3n) is 5.73. The van der Waals surface area contributed by atoms with E-state index in [0.29, 0.717) is 6.61 Å². The number of likely N-dealkylation sites (tertiary alicyclic amines) is 1. The Labute approximate surface area is 161 Å². The molecular weight excluding hydrogens is 338 g/mol. The monoisotopic (exact) mass is 365 g/mol. The fraction of sp³-hybridized carbons (Fsp3) is 0.455. The van der Waals surface area contributed by atoms with Crippen LogP contribution in [0.25, 0.3) is 0 Å². The van der Waals surface area contributed by atoms with Gasteiger partial charge in [0.05, 0.1) is 18.8 Å². The molecule has 3 heterocycles. The summed E-state index contributed by atoms with van der Waals surface area (Å²) in [7, 11) is 2.06. The van der Waals surface area contributed by atoms with E-state index in [1.807, 2.05) is 23.2 Å². The van der Waals surface area contributed by atoms with Crippen LogP contribution in [-0.2, 0) is 29.1 Å². The highest BCUT2D eigenvalue weighted by molar-refractivity contribution is 5.82. The number of fused-ring (bicyclic) bond motifs is 1. The average molecular weight is 365 g/mol. The molecule has 0 N–H and O–H groups in total. The Balaban J connectivity index is 1.30. The summed E-state index contributed by atoms with van der Waals surface area (Å²) < 4.78 is 6.02. The standard InChI is InChI=1S/C22H27N3O2/c1-24-15-19-7-3-2-6-18(19)13-21(24)22(26)25-11-8-20(9-12-25)27-16-17-5-4-10-23-14-17/h2-7,10,14,20-21H,8-9,11-13,15-16H2,1H3. The van der Waals surface area contributed by atoms with Gasteiger partial charge in [-0.2, -0.15) is 0 Å². The SMILES string of the molecule is CN1Cc2ccccc2CC1C(=O)N1CCC(OCc2cccnc2)CC1. The number of likely N-dealkylation sites (N-methyl/N-ethyl adjacent to an activating group) is 1. The summed E-state index contributed by atoms with van der Waals surface area (Å²) in [5, 5.41) is 0. The topological polar surface area (TPSA) is 45.7 Å². The molecule has 1 atom stereocenters. The third-order valence-corrected chi connectivity index (χ3v) is 5.73. The van der Waals surface area contributed by atoms with E-state index in [-0.39, 0.29) is 18.1 Å². The molecule has 27 heavy (non-hydrogen) atoms. The molecule has 1 amide bonds. The Kier molecular flexibility index (Phi) is 5.50. The predicted molar refractivity (Wildman–Crippen MR) is 104 cm³/mol. The molecule has 1 aromatic carbocycles. The van der Waals surface area contributed by atoms with Gasteiger partial charge in [-0.05, 0) is 49.1 Å². The van der Waals surface area contributed by atoms with Gasteiger partial charge in [0, 0.05) is 32.0 Å². The van der Waals surface area contributed by atoms with Crippen LogP contribution in [0.2, 0.25) is 0 Å². The normalized spacial score (nSPS) is 21.1. The minimum absolute atomic E-state index is 0.0484. The van der Waals surface area contributed by atoms with Gasteiger partial charge in [-0.25, -0.2) is 0 Å². The first-order valence-corrected chi connectivity index (χ1v) is 9.77. The van der Waals surface area contributed by atoms with Crippen molar-refractivity contribution in [2.24, 2.45) is 0 Å². The van der Waals surface area contributed by atoms with E-state index in [4.69, 9.17) is 4.74 Å². The first-order valence-electron chi connectivity index (χ1n) is 9.77. The van der Waals surface area contributed by atoms with Gasteiger partial charge in [0.15, 0.2) is 0 Å². The summed E-state index contributed by atoms with van der Waals surface area (Å²) in [6, 6.07) is 12.4. The Morgan fingerprint density at radius 3 is 2.67 bits per heavy atom. The van der Waals surface area contributed by atoms with E-state index < -0.39 is 0 Å². The highest BCUT2D eigenvalue weighted by Gasteiger charge is 2.33. The van der Waals surface area contributed by atoms with Crippen molar-refractivity contribution in [1.29, 1.82) is 0 Å². The van der Waals surface area contributed by atoms with Crippen LogP contribution in [-0.4, -0.2) is 53.0 Å². The van der Waals surface area contributed by atoms with Crippen LogP contribution in [0, 0.1) is 0 Å². The summed E-state index contributed by atoms with van der Waals surface area (Å²) in [6.07, 6.45) is 6.45. The molecule has 1 unspecified atom stereocenters. The number of amides is 1. The molecule has 0 radical (unpaired) electrons. The lowest BCUT2D eigenvalue weighted by Crippen LogP contribution is -2.52. The van der Waals surface area contributed by atoms with Crippen molar-refractivity contribution in [1.82, 2.24) is 14.8 Å². The van der Waals surface area contributed by atoms with Crippen LogP contribution in [0.1, 0.15) is 29.5 Å². The van der Waals surface area contributed by atoms with Gasteiger partial charge < -0.3 is 9.64 Å². The van der Waals surface area contributed by atoms with Crippen LogP contribution >= 0.6 is 0 Å². The molecule has 1 aromatic heterocycles. The van der Waals surface area contributed by atoms with Crippen LogP contribution < -0.4 is 0 Å². The van der Waals surface area contributed by atoms with Gasteiger partial charge in [0.25, 0.3) is 0 Å². The Bertz CT molecular complexity index is 772. The maximum Gasteiger partial charge on any atom is 0.240 e. The summed E-state index contributed by atoms with van der Waals surface area (Å²) in [5.74, 6) is 0.262. The number of rotatable bonds is 4. The highest BCUT2D eigenvalue weighted by atomic mass is 16.5. The molecule has 5 heteroatoms. The molecule has 142 valence electrons. The minimum atomic E-state index is -0.0484. The molecular formula is C22H27N3O2. The molecule has 4 rings (SSSR count).